The second-order valence-corrected chi connectivity index (χ2v) is 10.2. The van der Waals surface area contributed by atoms with Crippen LogP contribution in [0.2, 0.25) is 0 Å². The fraction of sp³-hybridized carbons (Fsp3) is 0.318. The van der Waals surface area contributed by atoms with E-state index in [1.807, 2.05) is 45.0 Å². The van der Waals surface area contributed by atoms with Crippen LogP contribution < -0.4 is 5.32 Å². The first-order valence-electron chi connectivity index (χ1n) is 10.1. The van der Waals surface area contributed by atoms with Gasteiger partial charge in [0.05, 0.1) is 10.1 Å². The lowest BCUT2D eigenvalue weighted by atomic mass is 10.2. The summed E-state index contributed by atoms with van der Waals surface area (Å²) in [6, 6.07) is 15.9. The highest BCUT2D eigenvalue weighted by Crippen LogP contribution is 2.27. The van der Waals surface area contributed by atoms with Gasteiger partial charge in [0, 0.05) is 12.2 Å². The molecule has 0 aliphatic heterocycles. The van der Waals surface area contributed by atoms with E-state index < -0.39 is 9.84 Å². The van der Waals surface area contributed by atoms with Gasteiger partial charge < -0.3 is 9.88 Å². The number of hydrogen-bond donors (Lipinski definition) is 1. The van der Waals surface area contributed by atoms with Crippen LogP contribution in [0, 0.1) is 6.92 Å². The topological polar surface area (TPSA) is 93.9 Å². The molecule has 0 saturated carbocycles. The standard InChI is InChI=1S/C22H26N4O3S2/c1-4-19(21(27)23-17-13-11-16(3)12-14-17)30-22-25-24-20(26(22)5-2)15-31(28,29)18-9-7-6-8-10-18/h6-14,19H,4-5,15H2,1-3H3,(H,23,27). The molecule has 2 aromatic carbocycles. The molecule has 1 aromatic heterocycles. The number of hydrogen-bond acceptors (Lipinski definition) is 6. The third kappa shape index (κ3) is 5.74. The van der Waals surface area contributed by atoms with Crippen LogP contribution in [-0.4, -0.2) is 34.3 Å². The van der Waals surface area contributed by atoms with E-state index in [1.54, 1.807) is 34.9 Å². The highest BCUT2D eigenvalue weighted by Gasteiger charge is 2.25. The van der Waals surface area contributed by atoms with E-state index in [0.29, 0.717) is 23.9 Å². The van der Waals surface area contributed by atoms with Crippen molar-refractivity contribution in [3.63, 3.8) is 0 Å². The molecule has 0 bridgehead atoms. The molecule has 7 nitrogen and oxygen atoms in total. The number of carbonyl (C=O) groups excluding carboxylic acids is 1. The molecule has 1 amide bonds. The van der Waals surface area contributed by atoms with Crippen LogP contribution >= 0.6 is 11.8 Å². The number of rotatable bonds is 9. The number of benzene rings is 2. The maximum atomic E-state index is 12.8. The van der Waals surface area contributed by atoms with Gasteiger partial charge in [0.15, 0.2) is 15.0 Å². The van der Waals surface area contributed by atoms with E-state index in [-0.39, 0.29) is 21.8 Å². The van der Waals surface area contributed by atoms with E-state index >= 15 is 0 Å². The number of amides is 1. The molecular weight excluding hydrogens is 432 g/mol. The van der Waals surface area contributed by atoms with Crippen molar-refractivity contribution in [3.8, 4) is 0 Å². The number of nitrogens with zero attached hydrogens (tertiary/aromatic N) is 3. The van der Waals surface area contributed by atoms with Gasteiger partial charge in [-0.05, 0) is 44.5 Å². The fourth-order valence-corrected chi connectivity index (χ4v) is 5.35. The van der Waals surface area contributed by atoms with Crippen molar-refractivity contribution in [2.75, 3.05) is 5.32 Å². The quantitative estimate of drug-likeness (QED) is 0.486. The van der Waals surface area contributed by atoms with Crippen LogP contribution in [0.4, 0.5) is 5.69 Å². The Balaban J connectivity index is 1.76. The molecule has 164 valence electrons. The normalized spacial score (nSPS) is 12.5. The molecule has 1 atom stereocenters. The Kier molecular flexibility index (Phi) is 7.50. The number of aromatic nitrogens is 3. The lowest BCUT2D eigenvalue weighted by Crippen LogP contribution is -2.25. The summed E-state index contributed by atoms with van der Waals surface area (Å²) in [4.78, 5) is 13.0. The average molecular weight is 459 g/mol. The van der Waals surface area contributed by atoms with Gasteiger partial charge in [-0.25, -0.2) is 8.42 Å². The molecule has 0 radical (unpaired) electrons. The van der Waals surface area contributed by atoms with Crippen LogP contribution in [0.1, 0.15) is 31.7 Å². The minimum atomic E-state index is -3.54. The van der Waals surface area contributed by atoms with Gasteiger partial charge in [0.25, 0.3) is 0 Å². The molecule has 0 saturated heterocycles. The Bertz CT molecular complexity index is 1130. The van der Waals surface area contributed by atoms with E-state index in [1.165, 1.54) is 11.8 Å². The molecule has 9 heteroatoms. The average Bonchev–Trinajstić information content (AvgIpc) is 3.14. The minimum Gasteiger partial charge on any atom is -0.325 e. The van der Waals surface area contributed by atoms with E-state index in [2.05, 4.69) is 15.5 Å². The second-order valence-electron chi connectivity index (χ2n) is 7.09. The highest BCUT2D eigenvalue weighted by atomic mass is 32.2. The smallest absolute Gasteiger partial charge is 0.237 e. The Morgan fingerprint density at radius 1 is 1.06 bits per heavy atom. The maximum Gasteiger partial charge on any atom is 0.237 e. The summed E-state index contributed by atoms with van der Waals surface area (Å²) in [5.74, 6) is -0.00628. The Morgan fingerprint density at radius 3 is 2.35 bits per heavy atom. The summed E-state index contributed by atoms with van der Waals surface area (Å²) in [6.07, 6.45) is 0.594. The molecule has 1 heterocycles. The first-order valence-corrected chi connectivity index (χ1v) is 12.6. The first kappa shape index (κ1) is 23.0. The third-order valence-electron chi connectivity index (χ3n) is 4.76. The fourth-order valence-electron chi connectivity index (χ4n) is 3.02. The summed E-state index contributed by atoms with van der Waals surface area (Å²) in [7, 11) is -3.54. The lowest BCUT2D eigenvalue weighted by molar-refractivity contribution is -0.115. The zero-order chi connectivity index (χ0) is 22.4. The monoisotopic (exact) mass is 458 g/mol. The Labute approximate surface area is 187 Å². The minimum absolute atomic E-state index is 0.125. The predicted octanol–water partition coefficient (Wildman–Crippen LogP) is 4.09. The summed E-state index contributed by atoms with van der Waals surface area (Å²) < 4.78 is 27.2. The van der Waals surface area contributed by atoms with Crippen molar-refractivity contribution in [3.05, 3.63) is 66.0 Å². The summed E-state index contributed by atoms with van der Waals surface area (Å²) >= 11 is 1.30. The zero-order valence-corrected chi connectivity index (χ0v) is 19.4. The van der Waals surface area contributed by atoms with Crippen molar-refractivity contribution < 1.29 is 13.2 Å². The van der Waals surface area contributed by atoms with Gasteiger partial charge in [-0.2, -0.15) is 0 Å². The van der Waals surface area contributed by atoms with E-state index in [0.717, 1.165) is 11.3 Å². The van der Waals surface area contributed by atoms with Crippen molar-refractivity contribution in [1.29, 1.82) is 0 Å². The SMILES string of the molecule is CCC(Sc1nnc(CS(=O)(=O)c2ccccc2)n1CC)C(=O)Nc1ccc(C)cc1. The second kappa shape index (κ2) is 10.1. The summed E-state index contributed by atoms with van der Waals surface area (Å²) in [5, 5.41) is 11.4. The van der Waals surface area contributed by atoms with Gasteiger partial charge in [0.2, 0.25) is 5.91 Å². The Morgan fingerprint density at radius 2 is 1.74 bits per heavy atom. The third-order valence-corrected chi connectivity index (χ3v) is 7.73. The maximum absolute atomic E-state index is 12.8. The first-order chi connectivity index (χ1) is 14.8. The molecule has 3 aromatic rings. The molecule has 0 aliphatic rings. The van der Waals surface area contributed by atoms with Crippen molar-refractivity contribution in [2.24, 2.45) is 0 Å². The molecule has 1 unspecified atom stereocenters. The van der Waals surface area contributed by atoms with Crippen LogP contribution in [0.5, 0.6) is 0 Å². The summed E-state index contributed by atoms with van der Waals surface area (Å²) in [5.41, 5.74) is 1.86. The van der Waals surface area contributed by atoms with Gasteiger partial charge >= 0.3 is 0 Å². The van der Waals surface area contributed by atoms with Gasteiger partial charge in [-0.15, -0.1) is 10.2 Å². The number of aryl methyl sites for hydroxylation is 1. The number of sulfone groups is 1. The van der Waals surface area contributed by atoms with Crippen molar-refractivity contribution >= 4 is 33.2 Å². The molecule has 0 spiro atoms. The van der Waals surface area contributed by atoms with Gasteiger partial charge in [-0.1, -0.05) is 54.6 Å². The molecule has 1 N–H and O–H groups in total. The lowest BCUT2D eigenvalue weighted by Gasteiger charge is -2.15. The van der Waals surface area contributed by atoms with E-state index in [4.69, 9.17) is 0 Å². The molecule has 3 rings (SSSR count). The highest BCUT2D eigenvalue weighted by molar-refractivity contribution is 8.00. The largest absolute Gasteiger partial charge is 0.325 e. The van der Waals surface area contributed by atoms with Gasteiger partial charge in [0.1, 0.15) is 11.6 Å². The van der Waals surface area contributed by atoms with Crippen LogP contribution in [0.15, 0.2) is 64.6 Å². The van der Waals surface area contributed by atoms with Gasteiger partial charge in [-0.3, -0.25) is 4.79 Å². The summed E-state index contributed by atoms with van der Waals surface area (Å²) in [6.45, 7) is 6.33. The number of carbonyl (C=O) groups is 1. The molecule has 0 aliphatic carbocycles. The number of thioether (sulfide) groups is 1. The number of anilines is 1. The van der Waals surface area contributed by atoms with Crippen LogP contribution in [0.25, 0.3) is 0 Å². The van der Waals surface area contributed by atoms with Crippen LogP contribution in [0.3, 0.4) is 0 Å². The van der Waals surface area contributed by atoms with Crippen LogP contribution in [-0.2, 0) is 26.9 Å². The van der Waals surface area contributed by atoms with E-state index in [9.17, 15) is 13.2 Å². The molecule has 0 fully saturated rings. The van der Waals surface area contributed by atoms with Crippen molar-refractivity contribution in [1.82, 2.24) is 14.8 Å². The zero-order valence-electron chi connectivity index (χ0n) is 17.8. The molecule has 31 heavy (non-hydrogen) atoms. The molecular formula is C22H26N4O3S2. The van der Waals surface area contributed by atoms with Crippen molar-refractivity contribution in [2.45, 2.75) is 54.8 Å². The predicted molar refractivity (Wildman–Crippen MR) is 123 cm³/mol. The number of nitrogens with one attached hydrogen (secondary N) is 1. The Hall–Kier alpha value is -2.65.